The molecular formula is C15H26N2O4. The van der Waals surface area contributed by atoms with Crippen molar-refractivity contribution < 1.29 is 19.5 Å². The van der Waals surface area contributed by atoms with Crippen molar-refractivity contribution in [2.24, 2.45) is 11.3 Å². The monoisotopic (exact) mass is 298 g/mol. The Bertz CT molecular complexity index is 414. The van der Waals surface area contributed by atoms with Crippen LogP contribution in [0.15, 0.2) is 0 Å². The van der Waals surface area contributed by atoms with Gasteiger partial charge in [0.05, 0.1) is 5.41 Å². The second kappa shape index (κ2) is 6.91. The summed E-state index contributed by atoms with van der Waals surface area (Å²) in [6.07, 6.45) is 2.62. The molecule has 0 aromatic carbocycles. The Balaban J connectivity index is 2.53. The number of amides is 3. The molecule has 0 aromatic rings. The Hall–Kier alpha value is -1.59. The molecule has 2 N–H and O–H groups in total. The smallest absolute Gasteiger partial charge is 0.324 e. The first-order chi connectivity index (χ1) is 9.63. The van der Waals surface area contributed by atoms with Gasteiger partial charge in [-0.05, 0) is 39.0 Å². The van der Waals surface area contributed by atoms with Crippen molar-refractivity contribution in [1.82, 2.24) is 10.2 Å². The second-order valence-electron chi connectivity index (χ2n) is 6.83. The summed E-state index contributed by atoms with van der Waals surface area (Å²) in [6, 6.07) is -0.173. The number of imide groups is 1. The molecule has 0 heterocycles. The van der Waals surface area contributed by atoms with E-state index < -0.39 is 23.3 Å². The van der Waals surface area contributed by atoms with Crippen LogP contribution in [0.5, 0.6) is 0 Å². The van der Waals surface area contributed by atoms with Gasteiger partial charge in [0.25, 0.3) is 0 Å². The highest BCUT2D eigenvalue weighted by molar-refractivity contribution is 5.96. The number of carbonyl (C=O) groups is 3. The lowest BCUT2D eigenvalue weighted by molar-refractivity contribution is -0.149. The predicted octanol–water partition coefficient (Wildman–Crippen LogP) is 2.23. The van der Waals surface area contributed by atoms with Crippen LogP contribution in [0.25, 0.3) is 0 Å². The van der Waals surface area contributed by atoms with Gasteiger partial charge in [0, 0.05) is 19.0 Å². The number of nitrogens with zero attached hydrogens (tertiary/aromatic N) is 1. The Labute approximate surface area is 125 Å². The summed E-state index contributed by atoms with van der Waals surface area (Å²) in [5, 5.41) is 11.3. The number of carboxylic acid groups (broad SMARTS) is 1. The molecular weight excluding hydrogens is 272 g/mol. The molecule has 0 radical (unpaired) electrons. The van der Waals surface area contributed by atoms with Crippen LogP contribution in [0.3, 0.4) is 0 Å². The number of urea groups is 1. The molecule has 1 saturated carbocycles. The van der Waals surface area contributed by atoms with E-state index in [1.165, 1.54) is 13.8 Å². The molecule has 120 valence electrons. The minimum absolute atomic E-state index is 0.212. The number of carboxylic acids is 1. The molecule has 0 bridgehead atoms. The minimum Gasteiger partial charge on any atom is -0.481 e. The van der Waals surface area contributed by atoms with E-state index >= 15 is 0 Å². The second-order valence-corrected chi connectivity index (χ2v) is 6.83. The van der Waals surface area contributed by atoms with E-state index in [0.29, 0.717) is 12.5 Å². The lowest BCUT2D eigenvalue weighted by Gasteiger charge is -2.24. The van der Waals surface area contributed by atoms with Gasteiger partial charge in [-0.25, -0.2) is 4.79 Å². The predicted molar refractivity (Wildman–Crippen MR) is 78.8 cm³/mol. The lowest BCUT2D eigenvalue weighted by atomic mass is 9.89. The fraction of sp³-hybridized carbons (Fsp3) is 0.800. The van der Waals surface area contributed by atoms with Gasteiger partial charge in [0.2, 0.25) is 5.91 Å². The van der Waals surface area contributed by atoms with Gasteiger partial charge in [-0.2, -0.15) is 0 Å². The van der Waals surface area contributed by atoms with E-state index in [1.54, 1.807) is 4.90 Å². The topological polar surface area (TPSA) is 86.7 Å². The van der Waals surface area contributed by atoms with Gasteiger partial charge < -0.3 is 10.0 Å². The minimum atomic E-state index is -1.17. The molecule has 0 spiro atoms. The Morgan fingerprint density at radius 1 is 1.29 bits per heavy atom. The Morgan fingerprint density at radius 3 is 2.29 bits per heavy atom. The quantitative estimate of drug-likeness (QED) is 0.754. The average Bonchev–Trinajstić information content (AvgIpc) is 3.11. The van der Waals surface area contributed by atoms with Gasteiger partial charge >= 0.3 is 12.0 Å². The molecule has 0 saturated heterocycles. The Kier molecular flexibility index (Phi) is 5.75. The molecule has 1 aliphatic rings. The summed E-state index contributed by atoms with van der Waals surface area (Å²) in [4.78, 5) is 36.7. The van der Waals surface area contributed by atoms with E-state index in [9.17, 15) is 14.4 Å². The number of hydrogen-bond donors (Lipinski definition) is 2. The van der Waals surface area contributed by atoms with E-state index in [0.717, 1.165) is 19.3 Å². The van der Waals surface area contributed by atoms with Crippen LogP contribution in [-0.2, 0) is 9.59 Å². The zero-order valence-corrected chi connectivity index (χ0v) is 13.3. The zero-order valence-electron chi connectivity index (χ0n) is 13.3. The number of rotatable bonds is 7. The standard InChI is InChI=1S/C15H26N2O4/c1-10(2)7-8-17(11-5-6-11)14(21)16-12(18)9-15(3,4)13(19)20/h10-11H,5-9H2,1-4H3,(H,19,20)(H,16,18,21). The van der Waals surface area contributed by atoms with Gasteiger partial charge in [0.1, 0.15) is 0 Å². The van der Waals surface area contributed by atoms with E-state index in [-0.39, 0.29) is 12.5 Å². The first-order valence-corrected chi connectivity index (χ1v) is 7.47. The van der Waals surface area contributed by atoms with Crippen LogP contribution in [0, 0.1) is 11.3 Å². The summed E-state index contributed by atoms with van der Waals surface area (Å²) >= 11 is 0. The van der Waals surface area contributed by atoms with Crippen molar-refractivity contribution in [2.75, 3.05) is 6.54 Å². The molecule has 1 fully saturated rings. The highest BCUT2D eigenvalue weighted by Crippen LogP contribution is 2.27. The lowest BCUT2D eigenvalue weighted by Crippen LogP contribution is -2.46. The van der Waals surface area contributed by atoms with Crippen molar-refractivity contribution in [3.05, 3.63) is 0 Å². The molecule has 6 heteroatoms. The number of nitrogens with one attached hydrogen (secondary N) is 1. The first kappa shape index (κ1) is 17.5. The molecule has 1 aliphatic carbocycles. The van der Waals surface area contributed by atoms with Gasteiger partial charge in [-0.1, -0.05) is 13.8 Å². The van der Waals surface area contributed by atoms with E-state index in [1.807, 2.05) is 0 Å². The van der Waals surface area contributed by atoms with Crippen LogP contribution < -0.4 is 5.32 Å². The fourth-order valence-corrected chi connectivity index (χ4v) is 1.95. The summed E-state index contributed by atoms with van der Waals surface area (Å²) in [7, 11) is 0. The highest BCUT2D eigenvalue weighted by Gasteiger charge is 2.35. The number of hydrogen-bond acceptors (Lipinski definition) is 3. The van der Waals surface area contributed by atoms with Gasteiger partial charge in [-0.3, -0.25) is 14.9 Å². The van der Waals surface area contributed by atoms with Gasteiger partial charge in [0.15, 0.2) is 0 Å². The average molecular weight is 298 g/mol. The molecule has 0 aromatic heterocycles. The van der Waals surface area contributed by atoms with Crippen molar-refractivity contribution >= 4 is 17.9 Å². The summed E-state index contributed by atoms with van der Waals surface area (Å²) in [5.41, 5.74) is -1.17. The molecule has 3 amide bonds. The molecule has 1 rings (SSSR count). The normalized spacial score (nSPS) is 14.9. The summed E-state index contributed by atoms with van der Waals surface area (Å²) in [5.74, 6) is -1.10. The van der Waals surface area contributed by atoms with Crippen molar-refractivity contribution in [3.8, 4) is 0 Å². The fourth-order valence-electron chi connectivity index (χ4n) is 1.95. The van der Waals surface area contributed by atoms with Crippen molar-refractivity contribution in [1.29, 1.82) is 0 Å². The number of aliphatic carboxylic acids is 1. The third kappa shape index (κ3) is 5.73. The van der Waals surface area contributed by atoms with Crippen LogP contribution in [-0.4, -0.2) is 40.5 Å². The maximum Gasteiger partial charge on any atom is 0.324 e. The zero-order chi connectivity index (χ0) is 16.2. The van der Waals surface area contributed by atoms with Crippen molar-refractivity contribution in [3.63, 3.8) is 0 Å². The summed E-state index contributed by atoms with van der Waals surface area (Å²) < 4.78 is 0. The van der Waals surface area contributed by atoms with Crippen LogP contribution in [0.1, 0.15) is 53.4 Å². The van der Waals surface area contributed by atoms with Crippen LogP contribution in [0.4, 0.5) is 4.79 Å². The largest absolute Gasteiger partial charge is 0.481 e. The van der Waals surface area contributed by atoms with Gasteiger partial charge in [-0.15, -0.1) is 0 Å². The molecule has 0 atom stereocenters. The van der Waals surface area contributed by atoms with E-state index in [4.69, 9.17) is 5.11 Å². The molecule has 0 unspecified atom stereocenters. The third-order valence-electron chi connectivity index (χ3n) is 3.62. The first-order valence-electron chi connectivity index (χ1n) is 7.47. The highest BCUT2D eigenvalue weighted by atomic mass is 16.4. The molecule has 6 nitrogen and oxygen atoms in total. The van der Waals surface area contributed by atoms with Crippen LogP contribution in [0.2, 0.25) is 0 Å². The third-order valence-corrected chi connectivity index (χ3v) is 3.62. The molecule has 21 heavy (non-hydrogen) atoms. The van der Waals surface area contributed by atoms with E-state index in [2.05, 4.69) is 19.2 Å². The Morgan fingerprint density at radius 2 is 1.86 bits per heavy atom. The van der Waals surface area contributed by atoms with Crippen LogP contribution >= 0.6 is 0 Å². The molecule has 0 aliphatic heterocycles. The SMILES string of the molecule is CC(C)CCN(C(=O)NC(=O)CC(C)(C)C(=O)O)C1CC1. The maximum atomic E-state index is 12.1. The maximum absolute atomic E-state index is 12.1. The summed E-state index contributed by atoms with van der Waals surface area (Å²) in [6.45, 7) is 7.74. The number of carbonyl (C=O) groups excluding carboxylic acids is 2. The van der Waals surface area contributed by atoms with Crippen molar-refractivity contribution in [2.45, 2.75) is 59.4 Å².